The van der Waals surface area contributed by atoms with Crippen LogP contribution in [-0.4, -0.2) is 25.9 Å². The summed E-state index contributed by atoms with van der Waals surface area (Å²) in [4.78, 5) is 34.2. The van der Waals surface area contributed by atoms with E-state index in [1.807, 2.05) is 0 Å². The van der Waals surface area contributed by atoms with Gasteiger partial charge in [0, 0.05) is 12.1 Å². The molecule has 132 valence electrons. The van der Waals surface area contributed by atoms with Crippen LogP contribution in [-0.2, 0) is 22.7 Å². The van der Waals surface area contributed by atoms with Gasteiger partial charge in [0.15, 0.2) is 0 Å². The Morgan fingerprint density at radius 3 is 2.62 bits per heavy atom. The van der Waals surface area contributed by atoms with Crippen molar-refractivity contribution in [1.82, 2.24) is 15.0 Å². The first-order chi connectivity index (χ1) is 12.5. The third kappa shape index (κ3) is 3.89. The number of ether oxygens (including phenoxy) is 1. The number of nitro groups is 1. The Bertz CT molecular complexity index is 1010. The summed E-state index contributed by atoms with van der Waals surface area (Å²) >= 11 is 0. The fourth-order valence-electron chi connectivity index (χ4n) is 2.32. The van der Waals surface area contributed by atoms with Crippen molar-refractivity contribution in [2.45, 2.75) is 19.6 Å². The number of nitrogens with zero attached hydrogens (tertiary/aromatic N) is 4. The fraction of sp³-hybridized carbons (Fsp3) is 0.176. The second-order valence-electron chi connectivity index (χ2n) is 5.47. The number of non-ortho nitro benzene ring substituents is 1. The van der Waals surface area contributed by atoms with Crippen LogP contribution in [0.4, 0.5) is 5.69 Å². The summed E-state index contributed by atoms with van der Waals surface area (Å²) in [6.07, 6.45) is -0.0418. The minimum atomic E-state index is -0.509. The lowest BCUT2D eigenvalue weighted by Gasteiger charge is -2.06. The van der Waals surface area contributed by atoms with E-state index in [9.17, 15) is 19.7 Å². The number of fused-ring (bicyclic) bond motifs is 1. The first-order valence-corrected chi connectivity index (χ1v) is 7.76. The van der Waals surface area contributed by atoms with Gasteiger partial charge in [-0.25, -0.2) is 4.68 Å². The topological polar surface area (TPSA) is 117 Å². The third-order valence-corrected chi connectivity index (χ3v) is 3.70. The summed E-state index contributed by atoms with van der Waals surface area (Å²) in [5, 5.41) is 18.8. The van der Waals surface area contributed by atoms with Crippen molar-refractivity contribution in [3.8, 4) is 0 Å². The average molecular weight is 354 g/mol. The van der Waals surface area contributed by atoms with Crippen molar-refractivity contribution in [3.05, 3.63) is 74.6 Å². The molecule has 1 heterocycles. The van der Waals surface area contributed by atoms with Crippen LogP contribution in [0.25, 0.3) is 10.9 Å². The molecule has 0 aliphatic heterocycles. The van der Waals surface area contributed by atoms with Crippen LogP contribution in [0.1, 0.15) is 12.0 Å². The van der Waals surface area contributed by atoms with E-state index in [1.165, 1.54) is 24.3 Å². The zero-order valence-electron chi connectivity index (χ0n) is 13.6. The van der Waals surface area contributed by atoms with Gasteiger partial charge in [-0.3, -0.25) is 19.7 Å². The number of hydrogen-bond acceptors (Lipinski definition) is 7. The Labute approximate surface area is 147 Å². The van der Waals surface area contributed by atoms with Crippen molar-refractivity contribution < 1.29 is 14.5 Å². The number of nitro benzene ring substituents is 1. The first-order valence-electron chi connectivity index (χ1n) is 7.76. The molecule has 9 heteroatoms. The van der Waals surface area contributed by atoms with E-state index >= 15 is 0 Å². The van der Waals surface area contributed by atoms with E-state index in [2.05, 4.69) is 10.3 Å². The zero-order valence-corrected chi connectivity index (χ0v) is 13.6. The van der Waals surface area contributed by atoms with Gasteiger partial charge in [0.2, 0.25) is 0 Å². The van der Waals surface area contributed by atoms with E-state index in [1.54, 1.807) is 24.3 Å². The minimum absolute atomic E-state index is 0.00484. The molecule has 0 atom stereocenters. The molecule has 0 aliphatic rings. The molecule has 0 N–H and O–H groups in total. The molecule has 0 amide bonds. The standard InChI is InChI=1S/C17H14N4O5/c22-16(26-11-12-5-7-13(8-6-12)21(24)25)9-10-20-17(23)14-3-1-2-4-15(14)18-19-20/h1-8H,9-11H2. The Kier molecular flexibility index (Phi) is 4.97. The number of aryl methyl sites for hydroxylation is 1. The number of carbonyl (C=O) groups excluding carboxylic acids is 1. The molecule has 0 unspecified atom stereocenters. The molecule has 3 rings (SSSR count). The van der Waals surface area contributed by atoms with E-state index in [0.29, 0.717) is 16.5 Å². The number of carbonyl (C=O) groups is 1. The smallest absolute Gasteiger partial charge is 0.308 e. The van der Waals surface area contributed by atoms with Crippen molar-refractivity contribution in [2.75, 3.05) is 0 Å². The van der Waals surface area contributed by atoms with Crippen LogP contribution < -0.4 is 5.56 Å². The number of rotatable bonds is 6. The second kappa shape index (κ2) is 7.51. The molecule has 0 radical (unpaired) electrons. The maximum absolute atomic E-state index is 12.3. The Morgan fingerprint density at radius 1 is 1.15 bits per heavy atom. The molecule has 0 aliphatic carbocycles. The van der Waals surface area contributed by atoms with Crippen LogP contribution in [0.2, 0.25) is 0 Å². The quantitative estimate of drug-likeness (QED) is 0.376. The molecular formula is C17H14N4O5. The summed E-state index contributed by atoms with van der Waals surface area (Å²) in [6, 6.07) is 12.5. The first kappa shape index (κ1) is 17.2. The molecular weight excluding hydrogens is 340 g/mol. The molecule has 9 nitrogen and oxygen atoms in total. The number of benzene rings is 2. The summed E-state index contributed by atoms with van der Waals surface area (Å²) in [6.45, 7) is 0.0465. The van der Waals surface area contributed by atoms with Crippen LogP contribution >= 0.6 is 0 Å². The second-order valence-corrected chi connectivity index (χ2v) is 5.47. The summed E-state index contributed by atoms with van der Waals surface area (Å²) < 4.78 is 6.23. The van der Waals surface area contributed by atoms with Gasteiger partial charge in [-0.05, 0) is 29.8 Å². The van der Waals surface area contributed by atoms with Crippen molar-refractivity contribution in [2.24, 2.45) is 0 Å². The van der Waals surface area contributed by atoms with Gasteiger partial charge in [0.1, 0.15) is 12.1 Å². The van der Waals surface area contributed by atoms with Gasteiger partial charge in [-0.2, -0.15) is 0 Å². The maximum Gasteiger partial charge on any atom is 0.308 e. The molecule has 1 aromatic heterocycles. The summed E-state index contributed by atoms with van der Waals surface area (Å²) in [5.74, 6) is -0.509. The van der Waals surface area contributed by atoms with Gasteiger partial charge in [0.25, 0.3) is 11.2 Å². The largest absolute Gasteiger partial charge is 0.461 e. The van der Waals surface area contributed by atoms with Crippen molar-refractivity contribution in [1.29, 1.82) is 0 Å². The van der Waals surface area contributed by atoms with Gasteiger partial charge in [-0.15, -0.1) is 5.10 Å². The summed E-state index contributed by atoms with van der Waals surface area (Å²) in [5.41, 5.74) is 0.772. The van der Waals surface area contributed by atoms with Gasteiger partial charge < -0.3 is 4.74 Å². The Morgan fingerprint density at radius 2 is 1.88 bits per heavy atom. The van der Waals surface area contributed by atoms with Crippen LogP contribution in [0.3, 0.4) is 0 Å². The number of esters is 1. The summed E-state index contributed by atoms with van der Waals surface area (Å²) in [7, 11) is 0. The van der Waals surface area contributed by atoms with Crippen molar-refractivity contribution >= 4 is 22.6 Å². The van der Waals surface area contributed by atoms with Crippen molar-refractivity contribution in [3.63, 3.8) is 0 Å². The Balaban J connectivity index is 1.56. The minimum Gasteiger partial charge on any atom is -0.461 e. The van der Waals surface area contributed by atoms with Gasteiger partial charge in [0.05, 0.1) is 23.3 Å². The monoisotopic (exact) mass is 354 g/mol. The highest BCUT2D eigenvalue weighted by Crippen LogP contribution is 2.12. The molecule has 0 spiro atoms. The van der Waals surface area contributed by atoms with E-state index in [4.69, 9.17) is 4.74 Å². The Hall–Kier alpha value is -3.62. The van der Waals surface area contributed by atoms with E-state index in [-0.39, 0.29) is 30.8 Å². The molecule has 0 saturated heterocycles. The van der Waals surface area contributed by atoms with Crippen LogP contribution in [0.15, 0.2) is 53.3 Å². The lowest BCUT2D eigenvalue weighted by molar-refractivity contribution is -0.384. The van der Waals surface area contributed by atoms with Crippen LogP contribution in [0, 0.1) is 10.1 Å². The van der Waals surface area contributed by atoms with Crippen LogP contribution in [0.5, 0.6) is 0 Å². The SMILES string of the molecule is O=C(CCn1nnc2ccccc2c1=O)OCc1ccc([N+](=O)[O-])cc1. The normalized spacial score (nSPS) is 10.6. The zero-order chi connectivity index (χ0) is 18.5. The molecule has 0 bridgehead atoms. The highest BCUT2D eigenvalue weighted by Gasteiger charge is 2.09. The van der Waals surface area contributed by atoms with Gasteiger partial charge in [-0.1, -0.05) is 17.3 Å². The highest BCUT2D eigenvalue weighted by molar-refractivity contribution is 5.76. The molecule has 3 aromatic rings. The molecule has 2 aromatic carbocycles. The fourth-order valence-corrected chi connectivity index (χ4v) is 2.32. The van der Waals surface area contributed by atoms with E-state index < -0.39 is 10.9 Å². The van der Waals surface area contributed by atoms with Gasteiger partial charge >= 0.3 is 5.97 Å². The average Bonchev–Trinajstić information content (AvgIpc) is 2.66. The highest BCUT2D eigenvalue weighted by atomic mass is 16.6. The third-order valence-electron chi connectivity index (χ3n) is 3.70. The number of aromatic nitrogens is 3. The number of hydrogen-bond donors (Lipinski definition) is 0. The lowest BCUT2D eigenvalue weighted by atomic mass is 10.2. The lowest BCUT2D eigenvalue weighted by Crippen LogP contribution is -2.25. The maximum atomic E-state index is 12.3. The predicted octanol–water partition coefficient (Wildman–Crippen LogP) is 1.83. The van der Waals surface area contributed by atoms with E-state index in [0.717, 1.165) is 4.68 Å². The molecule has 0 saturated carbocycles. The molecule has 0 fully saturated rings. The predicted molar refractivity (Wildman–Crippen MR) is 91.3 cm³/mol. The molecule has 26 heavy (non-hydrogen) atoms.